The van der Waals surface area contributed by atoms with Crippen LogP contribution in [0.2, 0.25) is 0 Å². The van der Waals surface area contributed by atoms with Gasteiger partial charge in [-0.25, -0.2) is 13.2 Å². The van der Waals surface area contributed by atoms with Gasteiger partial charge in [0.2, 0.25) is 0 Å². The highest BCUT2D eigenvalue weighted by Gasteiger charge is 2.07. The zero-order chi connectivity index (χ0) is 12.0. The molecule has 0 amide bonds. The fourth-order valence-electron chi connectivity index (χ4n) is 0.927. The topological polar surface area (TPSA) is 48.8 Å². The van der Waals surface area contributed by atoms with Crippen molar-refractivity contribution in [2.75, 3.05) is 6.54 Å². The van der Waals surface area contributed by atoms with E-state index in [0.717, 1.165) is 0 Å². The summed E-state index contributed by atoms with van der Waals surface area (Å²) in [7, 11) is 0. The molecule has 0 heterocycles. The average Bonchev–Trinajstić information content (AvgIpc) is 2.25. The van der Waals surface area contributed by atoms with E-state index in [9.17, 15) is 13.2 Å². The zero-order valence-corrected chi connectivity index (χ0v) is 8.04. The van der Waals surface area contributed by atoms with Crippen molar-refractivity contribution >= 4 is 0 Å². The molecule has 0 aliphatic heterocycles. The summed E-state index contributed by atoms with van der Waals surface area (Å²) < 4.78 is 38.3. The smallest absolute Gasteiger partial charge is 0.161 e. The normalized spacial score (nSPS) is 8.94. The van der Waals surface area contributed by atoms with Crippen LogP contribution < -0.4 is 0 Å². The van der Waals surface area contributed by atoms with E-state index in [1.807, 2.05) is 0 Å². The van der Waals surface area contributed by atoms with E-state index >= 15 is 0 Å². The maximum absolute atomic E-state index is 13.0. The predicted molar refractivity (Wildman–Crippen MR) is 51.8 cm³/mol. The van der Waals surface area contributed by atoms with Gasteiger partial charge in [-0.2, -0.15) is 0 Å². The van der Waals surface area contributed by atoms with Crippen molar-refractivity contribution in [3.8, 4) is 11.8 Å². The molecule has 0 aliphatic carbocycles. The van der Waals surface area contributed by atoms with Crippen LogP contribution in [-0.4, -0.2) is 6.54 Å². The fraction of sp³-hybridized carbons (Fsp3) is 0.200. The Kier molecular flexibility index (Phi) is 4.25. The molecule has 0 N–H and O–H groups in total. The number of nitrogens with zero attached hydrogens (tertiary/aromatic N) is 3. The van der Waals surface area contributed by atoms with Gasteiger partial charge < -0.3 is 0 Å². The van der Waals surface area contributed by atoms with Crippen molar-refractivity contribution in [2.24, 2.45) is 5.11 Å². The monoisotopic (exact) mass is 225 g/mol. The maximum atomic E-state index is 13.0. The van der Waals surface area contributed by atoms with Crippen LogP contribution in [-0.2, 0) is 0 Å². The van der Waals surface area contributed by atoms with E-state index in [1.165, 1.54) is 0 Å². The average molecular weight is 225 g/mol. The SMILES string of the molecule is [N-]=[N+]=NCCC#Cc1cc(F)c(F)cc1F. The second kappa shape index (κ2) is 5.69. The molecule has 1 rings (SSSR count). The summed E-state index contributed by atoms with van der Waals surface area (Å²) in [5.41, 5.74) is 7.73. The van der Waals surface area contributed by atoms with E-state index in [4.69, 9.17) is 5.53 Å². The van der Waals surface area contributed by atoms with Gasteiger partial charge in [-0.15, -0.1) is 0 Å². The highest BCUT2D eigenvalue weighted by molar-refractivity contribution is 5.36. The van der Waals surface area contributed by atoms with Crippen LogP contribution in [0.25, 0.3) is 10.4 Å². The summed E-state index contributed by atoms with van der Waals surface area (Å²) in [5, 5.41) is 3.21. The van der Waals surface area contributed by atoms with Crippen molar-refractivity contribution in [1.82, 2.24) is 0 Å². The molecule has 0 saturated carbocycles. The summed E-state index contributed by atoms with van der Waals surface area (Å²) >= 11 is 0. The first-order valence-corrected chi connectivity index (χ1v) is 4.29. The van der Waals surface area contributed by atoms with Gasteiger partial charge in [0, 0.05) is 23.9 Å². The molecule has 0 fully saturated rings. The second-order valence-electron chi connectivity index (χ2n) is 2.75. The van der Waals surface area contributed by atoms with Gasteiger partial charge in [-0.05, 0) is 11.6 Å². The Morgan fingerprint density at radius 2 is 1.88 bits per heavy atom. The minimum atomic E-state index is -1.25. The van der Waals surface area contributed by atoms with Gasteiger partial charge in [0.15, 0.2) is 11.6 Å². The lowest BCUT2D eigenvalue weighted by atomic mass is 10.2. The third-order valence-corrected chi connectivity index (χ3v) is 1.63. The Balaban J connectivity index is 2.80. The van der Waals surface area contributed by atoms with Crippen LogP contribution in [0.1, 0.15) is 12.0 Å². The molecule has 16 heavy (non-hydrogen) atoms. The minimum absolute atomic E-state index is 0.148. The van der Waals surface area contributed by atoms with Crippen LogP contribution in [0.4, 0.5) is 13.2 Å². The maximum Gasteiger partial charge on any atom is 0.161 e. The molecule has 1 aromatic carbocycles. The first-order chi connectivity index (χ1) is 7.65. The first kappa shape index (κ1) is 12.0. The van der Waals surface area contributed by atoms with E-state index in [2.05, 4.69) is 21.9 Å². The number of rotatable bonds is 2. The van der Waals surface area contributed by atoms with Gasteiger partial charge in [0.25, 0.3) is 0 Å². The molecule has 0 aromatic heterocycles. The molecule has 82 valence electrons. The van der Waals surface area contributed by atoms with Gasteiger partial charge >= 0.3 is 0 Å². The molecule has 6 heteroatoms. The third-order valence-electron chi connectivity index (χ3n) is 1.63. The molecule has 0 aliphatic rings. The van der Waals surface area contributed by atoms with Gasteiger partial charge in [0.05, 0.1) is 5.56 Å². The highest BCUT2D eigenvalue weighted by Crippen LogP contribution is 2.12. The van der Waals surface area contributed by atoms with Crippen molar-refractivity contribution in [1.29, 1.82) is 0 Å². The van der Waals surface area contributed by atoms with E-state index in [1.54, 1.807) is 0 Å². The van der Waals surface area contributed by atoms with E-state index < -0.39 is 17.5 Å². The number of azide groups is 1. The van der Waals surface area contributed by atoms with Crippen molar-refractivity contribution < 1.29 is 13.2 Å². The van der Waals surface area contributed by atoms with Gasteiger partial charge in [-0.3, -0.25) is 0 Å². The van der Waals surface area contributed by atoms with Crippen LogP contribution >= 0.6 is 0 Å². The molecule has 0 bridgehead atoms. The Bertz CT molecular complexity index is 496. The molecule has 1 aromatic rings. The van der Waals surface area contributed by atoms with E-state index in [-0.39, 0.29) is 18.5 Å². The van der Waals surface area contributed by atoms with Crippen LogP contribution in [0.5, 0.6) is 0 Å². The quantitative estimate of drug-likeness (QED) is 0.185. The second-order valence-corrected chi connectivity index (χ2v) is 2.75. The lowest BCUT2D eigenvalue weighted by molar-refractivity contribution is 0.494. The summed E-state index contributed by atoms with van der Waals surface area (Å²) in [6.45, 7) is 0.148. The van der Waals surface area contributed by atoms with Gasteiger partial charge in [0.1, 0.15) is 5.82 Å². The largest absolute Gasteiger partial charge is 0.206 e. The van der Waals surface area contributed by atoms with Gasteiger partial charge in [-0.1, -0.05) is 17.0 Å². The summed E-state index contributed by atoms with van der Waals surface area (Å²) in [4.78, 5) is 2.50. The first-order valence-electron chi connectivity index (χ1n) is 4.29. The molecule has 0 atom stereocenters. The van der Waals surface area contributed by atoms with E-state index in [0.29, 0.717) is 12.1 Å². The van der Waals surface area contributed by atoms with Crippen molar-refractivity contribution in [3.63, 3.8) is 0 Å². The minimum Gasteiger partial charge on any atom is -0.206 e. The van der Waals surface area contributed by atoms with Crippen LogP contribution in [0.3, 0.4) is 0 Å². The molecular weight excluding hydrogens is 219 g/mol. The summed E-state index contributed by atoms with van der Waals surface area (Å²) in [6.07, 6.45) is 0.225. The zero-order valence-electron chi connectivity index (χ0n) is 8.04. The lowest BCUT2D eigenvalue weighted by Gasteiger charge is -1.96. The van der Waals surface area contributed by atoms with Crippen molar-refractivity contribution in [2.45, 2.75) is 6.42 Å². The predicted octanol–water partition coefficient (Wildman–Crippen LogP) is 3.16. The lowest BCUT2D eigenvalue weighted by Crippen LogP contribution is -1.91. The Morgan fingerprint density at radius 1 is 1.19 bits per heavy atom. The molecule has 0 saturated heterocycles. The van der Waals surface area contributed by atoms with Crippen LogP contribution in [0.15, 0.2) is 17.2 Å². The summed E-state index contributed by atoms with van der Waals surface area (Å²) in [6, 6.07) is 1.12. The molecule has 0 unspecified atom stereocenters. The Labute approximate surface area is 89.5 Å². The molecule has 0 radical (unpaired) electrons. The Hall–Kier alpha value is -2.12. The fourth-order valence-corrected chi connectivity index (χ4v) is 0.927. The standard InChI is InChI=1S/C10H6F3N3/c11-8-6-10(13)9(12)5-7(8)3-1-2-4-15-16-14/h5-6H,2,4H2. The highest BCUT2D eigenvalue weighted by atomic mass is 19.2. The van der Waals surface area contributed by atoms with Crippen molar-refractivity contribution in [3.05, 3.63) is 45.6 Å². The number of hydrogen-bond donors (Lipinski definition) is 0. The molecular formula is C10H6F3N3. The van der Waals surface area contributed by atoms with Crippen LogP contribution in [0, 0.1) is 29.3 Å². The molecule has 0 spiro atoms. The third kappa shape index (κ3) is 3.23. The number of benzene rings is 1. The Morgan fingerprint density at radius 3 is 2.56 bits per heavy atom. The summed E-state index contributed by atoms with van der Waals surface area (Å²) in [5.74, 6) is 1.48. The number of hydrogen-bond acceptors (Lipinski definition) is 1. The molecule has 3 nitrogen and oxygen atoms in total. The number of halogens is 3.